The highest BCUT2D eigenvalue weighted by Crippen LogP contribution is 2.52. The molecule has 2 aliphatic carbocycles. The van der Waals surface area contributed by atoms with Gasteiger partial charge in [0.05, 0.1) is 42.6 Å². The summed E-state index contributed by atoms with van der Waals surface area (Å²) in [6, 6.07) is 4.45. The van der Waals surface area contributed by atoms with Gasteiger partial charge in [-0.05, 0) is 19.5 Å². The highest BCUT2D eigenvalue weighted by molar-refractivity contribution is 6.31. The van der Waals surface area contributed by atoms with Gasteiger partial charge in [0.1, 0.15) is 35.7 Å². The molecule has 13 heteroatoms. The molecule has 4 aliphatic rings. The number of carbonyl (C=O) groups is 3. The number of piperazine rings is 1. The summed E-state index contributed by atoms with van der Waals surface area (Å²) >= 11 is 0. The van der Waals surface area contributed by atoms with Crippen LogP contribution in [-0.2, 0) is 25.4 Å². The Bertz CT molecular complexity index is 1500. The van der Waals surface area contributed by atoms with Crippen LogP contribution in [0.3, 0.4) is 0 Å². The van der Waals surface area contributed by atoms with Crippen LogP contribution < -0.4 is 10.1 Å². The molecule has 44 heavy (non-hydrogen) atoms. The topological polar surface area (TPSA) is 184 Å². The predicted octanol–water partition coefficient (Wildman–Crippen LogP) is 0.561. The number of aromatic hydroxyl groups is 2. The first-order valence-corrected chi connectivity index (χ1v) is 14.6. The zero-order valence-corrected chi connectivity index (χ0v) is 24.5. The molecule has 0 radical (unpaired) electrons. The molecule has 0 unspecified atom stereocenters. The van der Waals surface area contributed by atoms with Crippen LogP contribution in [0.4, 0.5) is 0 Å². The first kappa shape index (κ1) is 30.6. The molecule has 0 aromatic heterocycles. The summed E-state index contributed by atoms with van der Waals surface area (Å²) in [7, 11) is 3.37. The molecular formula is C31H36N2O11. The standard InChI is InChI=1S/C31H36N2O11/c1-33-9-8-32-21(12-33)43-15-6-7-22(42-14-15)44-19-11-31(40,20(35)13-34)10-17-24(19)30(39)26-25(28(17)37)27(36)16-4-3-5-18(41-2)23(16)29(26)38/h3-5,15,19,21-22,32,34,37,39-40H,6-14H2,1-2H3/t15-,19-,21+,22-,31-/m0/s1. The molecule has 0 bridgehead atoms. The second kappa shape index (κ2) is 11.8. The van der Waals surface area contributed by atoms with Crippen LogP contribution in [0.5, 0.6) is 17.2 Å². The molecule has 236 valence electrons. The molecule has 2 heterocycles. The van der Waals surface area contributed by atoms with Crippen molar-refractivity contribution in [1.29, 1.82) is 0 Å². The number of fused-ring (bicyclic) bond motifs is 3. The van der Waals surface area contributed by atoms with Crippen LogP contribution in [0.15, 0.2) is 18.2 Å². The van der Waals surface area contributed by atoms with E-state index < -0.39 is 77.4 Å². The number of ether oxygens (including phenoxy) is 4. The van der Waals surface area contributed by atoms with Gasteiger partial charge in [0.25, 0.3) is 0 Å². The summed E-state index contributed by atoms with van der Waals surface area (Å²) in [5, 5.41) is 47.4. The van der Waals surface area contributed by atoms with Gasteiger partial charge in [-0.3, -0.25) is 19.7 Å². The van der Waals surface area contributed by atoms with Crippen molar-refractivity contribution in [2.45, 2.75) is 56.0 Å². The van der Waals surface area contributed by atoms with Crippen molar-refractivity contribution in [3.05, 3.63) is 51.6 Å². The molecule has 0 spiro atoms. The third-order valence-electron chi connectivity index (χ3n) is 8.95. The van der Waals surface area contributed by atoms with E-state index >= 15 is 0 Å². The molecule has 2 fully saturated rings. The Morgan fingerprint density at radius 3 is 2.57 bits per heavy atom. The third kappa shape index (κ3) is 5.17. The number of rotatable bonds is 7. The summed E-state index contributed by atoms with van der Waals surface area (Å²) in [4.78, 5) is 42.3. The second-order valence-corrected chi connectivity index (χ2v) is 11.8. The van der Waals surface area contributed by atoms with Crippen molar-refractivity contribution in [1.82, 2.24) is 10.2 Å². The number of benzene rings is 2. The molecule has 0 amide bonds. The van der Waals surface area contributed by atoms with E-state index in [2.05, 4.69) is 10.2 Å². The van der Waals surface area contributed by atoms with Crippen molar-refractivity contribution >= 4 is 17.3 Å². The van der Waals surface area contributed by atoms with E-state index in [1.165, 1.54) is 25.3 Å². The molecule has 5 N–H and O–H groups in total. The van der Waals surface area contributed by atoms with Gasteiger partial charge in [-0.15, -0.1) is 0 Å². The van der Waals surface area contributed by atoms with Crippen molar-refractivity contribution in [2.24, 2.45) is 0 Å². The van der Waals surface area contributed by atoms with Gasteiger partial charge in [-0.25, -0.2) is 0 Å². The summed E-state index contributed by atoms with van der Waals surface area (Å²) in [6.07, 6.45) is -2.38. The maximum absolute atomic E-state index is 13.8. The minimum absolute atomic E-state index is 0.0238. The lowest BCUT2D eigenvalue weighted by Crippen LogP contribution is -2.52. The molecule has 2 aromatic carbocycles. The Labute approximate surface area is 253 Å². The minimum atomic E-state index is -2.19. The highest BCUT2D eigenvalue weighted by atomic mass is 16.7. The summed E-state index contributed by atoms with van der Waals surface area (Å²) in [6.45, 7) is 1.69. The van der Waals surface area contributed by atoms with Gasteiger partial charge in [-0.1, -0.05) is 12.1 Å². The van der Waals surface area contributed by atoms with E-state index in [0.29, 0.717) is 12.8 Å². The maximum atomic E-state index is 13.8. The molecule has 6 rings (SSSR count). The number of nitrogens with one attached hydrogen (secondary N) is 1. The van der Waals surface area contributed by atoms with Crippen molar-refractivity contribution in [3.63, 3.8) is 0 Å². The lowest BCUT2D eigenvalue weighted by atomic mass is 9.72. The van der Waals surface area contributed by atoms with Crippen LogP contribution >= 0.6 is 0 Å². The third-order valence-corrected chi connectivity index (χ3v) is 8.95. The van der Waals surface area contributed by atoms with E-state index in [4.69, 9.17) is 18.9 Å². The van der Waals surface area contributed by atoms with Gasteiger partial charge in [0, 0.05) is 55.6 Å². The smallest absolute Gasteiger partial charge is 0.202 e. The molecule has 2 aliphatic heterocycles. The van der Waals surface area contributed by atoms with E-state index in [0.717, 1.165) is 19.6 Å². The van der Waals surface area contributed by atoms with Gasteiger partial charge in [-0.2, -0.15) is 0 Å². The molecule has 0 saturated carbocycles. The number of ketones is 3. The molecule has 2 saturated heterocycles. The highest BCUT2D eigenvalue weighted by Gasteiger charge is 2.49. The second-order valence-electron chi connectivity index (χ2n) is 11.8. The van der Waals surface area contributed by atoms with E-state index in [1.807, 2.05) is 7.05 Å². The van der Waals surface area contributed by atoms with Crippen LogP contribution in [0.25, 0.3) is 0 Å². The molecular weight excluding hydrogens is 576 g/mol. The van der Waals surface area contributed by atoms with Crippen molar-refractivity contribution < 1.29 is 53.8 Å². The molecule has 2 aromatic rings. The Hall–Kier alpha value is -3.43. The number of Topliss-reactive ketones (excluding diaryl/α,β-unsaturated/α-hetero) is 1. The number of likely N-dealkylation sites (N-methyl/N-ethyl adjacent to an activating group) is 1. The number of phenols is 2. The number of methoxy groups -OCH3 is 1. The van der Waals surface area contributed by atoms with Crippen LogP contribution in [0.1, 0.15) is 68.3 Å². The summed E-state index contributed by atoms with van der Waals surface area (Å²) in [5.41, 5.74) is -3.29. The van der Waals surface area contributed by atoms with Crippen LogP contribution in [0.2, 0.25) is 0 Å². The van der Waals surface area contributed by atoms with Crippen LogP contribution in [0, 0.1) is 0 Å². The lowest BCUT2D eigenvalue weighted by Gasteiger charge is -2.41. The number of phenolic OH excluding ortho intramolecular Hbond substituents is 2. The number of nitrogens with zero attached hydrogens (tertiary/aromatic N) is 1. The Morgan fingerprint density at radius 1 is 1.11 bits per heavy atom. The first-order valence-electron chi connectivity index (χ1n) is 14.6. The molecule has 5 atom stereocenters. The van der Waals surface area contributed by atoms with E-state index in [-0.39, 0.29) is 46.9 Å². The zero-order chi connectivity index (χ0) is 31.3. The quantitative estimate of drug-likeness (QED) is 0.234. The lowest BCUT2D eigenvalue weighted by molar-refractivity contribution is -0.231. The number of carbonyl (C=O) groups excluding carboxylic acids is 3. The number of hydrogen-bond acceptors (Lipinski definition) is 13. The zero-order valence-electron chi connectivity index (χ0n) is 24.5. The number of aliphatic hydroxyl groups is 2. The predicted molar refractivity (Wildman–Crippen MR) is 152 cm³/mol. The average molecular weight is 613 g/mol. The normalized spacial score (nSPS) is 28.6. The largest absolute Gasteiger partial charge is 0.507 e. The monoisotopic (exact) mass is 612 g/mol. The van der Waals surface area contributed by atoms with E-state index in [9.17, 15) is 34.8 Å². The van der Waals surface area contributed by atoms with Gasteiger partial charge in [0.2, 0.25) is 5.78 Å². The van der Waals surface area contributed by atoms with Crippen LogP contribution in [-0.4, -0.2) is 114 Å². The number of hydrogen-bond donors (Lipinski definition) is 5. The van der Waals surface area contributed by atoms with Gasteiger partial charge < -0.3 is 44.3 Å². The average Bonchev–Trinajstić information content (AvgIpc) is 3.01. The molecule has 13 nitrogen and oxygen atoms in total. The minimum Gasteiger partial charge on any atom is -0.507 e. The fourth-order valence-electron chi connectivity index (χ4n) is 6.67. The van der Waals surface area contributed by atoms with Crippen molar-refractivity contribution in [2.75, 3.05) is 47.0 Å². The Kier molecular flexibility index (Phi) is 8.22. The Balaban J connectivity index is 1.33. The Morgan fingerprint density at radius 2 is 1.89 bits per heavy atom. The SMILES string of the molecule is COc1cccc2c1C(=O)c1c(O)c3c(c(O)c1C2=O)C[C@@](O)(C(=O)CO)C[C@@H]3O[C@H]1CC[C@H](O[C@@H]2CN(C)CCN2)CO1. The van der Waals surface area contributed by atoms with E-state index in [1.54, 1.807) is 0 Å². The fraction of sp³-hybridized carbons (Fsp3) is 0.516. The summed E-state index contributed by atoms with van der Waals surface area (Å²) in [5.74, 6) is -3.51. The van der Waals surface area contributed by atoms with Gasteiger partial charge in [0.15, 0.2) is 17.9 Å². The van der Waals surface area contributed by atoms with Gasteiger partial charge >= 0.3 is 0 Å². The maximum Gasteiger partial charge on any atom is 0.202 e. The fourth-order valence-corrected chi connectivity index (χ4v) is 6.67. The number of aliphatic hydroxyl groups excluding tert-OH is 1. The summed E-state index contributed by atoms with van der Waals surface area (Å²) < 4.78 is 23.6. The van der Waals surface area contributed by atoms with Crippen molar-refractivity contribution in [3.8, 4) is 17.2 Å². The first-order chi connectivity index (χ1) is 21.1.